The first kappa shape index (κ1) is 13.4. The van der Waals surface area contributed by atoms with Crippen LogP contribution in [0.1, 0.15) is 43.0 Å². The van der Waals surface area contributed by atoms with E-state index in [2.05, 4.69) is 44.8 Å². The number of methoxy groups -OCH3 is 1. The number of alkyl halides is 1. The van der Waals surface area contributed by atoms with E-state index in [1.54, 1.807) is 7.11 Å². The number of ether oxygens (including phenoxy) is 1. The normalized spacial score (nSPS) is 20.2. The lowest BCUT2D eigenvalue weighted by Gasteiger charge is -2.30. The molecule has 1 aliphatic rings. The highest BCUT2D eigenvalue weighted by Crippen LogP contribution is 2.53. The molecule has 0 saturated heterocycles. The number of halogens is 2. The zero-order valence-corrected chi connectivity index (χ0v) is 13.5. The molecule has 0 amide bonds. The van der Waals surface area contributed by atoms with Gasteiger partial charge in [-0.2, -0.15) is 0 Å². The van der Waals surface area contributed by atoms with Crippen molar-refractivity contribution < 1.29 is 4.74 Å². The lowest BCUT2D eigenvalue weighted by Crippen LogP contribution is -2.18. The van der Waals surface area contributed by atoms with E-state index in [-0.39, 0.29) is 0 Å². The Balaban J connectivity index is 2.27. The third kappa shape index (κ3) is 2.70. The van der Waals surface area contributed by atoms with Crippen molar-refractivity contribution in [3.05, 3.63) is 28.2 Å². The van der Waals surface area contributed by atoms with E-state index in [0.29, 0.717) is 10.2 Å². The molecule has 1 aliphatic carbocycles. The van der Waals surface area contributed by atoms with E-state index in [4.69, 9.17) is 4.74 Å². The van der Waals surface area contributed by atoms with Crippen LogP contribution in [-0.4, -0.2) is 7.11 Å². The molecule has 1 saturated carbocycles. The van der Waals surface area contributed by atoms with E-state index < -0.39 is 0 Å². The summed E-state index contributed by atoms with van der Waals surface area (Å²) < 4.78 is 6.37. The number of rotatable bonds is 3. The third-order valence-electron chi connectivity index (χ3n) is 3.84. The van der Waals surface area contributed by atoms with Gasteiger partial charge in [0.15, 0.2) is 0 Å². The molecular formula is C14H18Br2O. The van der Waals surface area contributed by atoms with Gasteiger partial charge in [-0.3, -0.25) is 0 Å². The van der Waals surface area contributed by atoms with Crippen molar-refractivity contribution in [2.75, 3.05) is 7.11 Å². The Morgan fingerprint density at radius 2 is 1.94 bits per heavy atom. The summed E-state index contributed by atoms with van der Waals surface area (Å²) in [6, 6.07) is 6.24. The SMILES string of the molecule is COc1ccc(C(Br)C2(C)CCCC2)c(Br)c1. The van der Waals surface area contributed by atoms with Crippen LogP contribution in [0.3, 0.4) is 0 Å². The van der Waals surface area contributed by atoms with Crippen LogP contribution in [0.5, 0.6) is 5.75 Å². The van der Waals surface area contributed by atoms with Crippen LogP contribution < -0.4 is 4.74 Å². The van der Waals surface area contributed by atoms with Gasteiger partial charge in [0.25, 0.3) is 0 Å². The molecular weight excluding hydrogens is 344 g/mol. The zero-order valence-electron chi connectivity index (χ0n) is 10.3. The van der Waals surface area contributed by atoms with Crippen LogP contribution in [0.15, 0.2) is 22.7 Å². The van der Waals surface area contributed by atoms with Gasteiger partial charge in [0, 0.05) is 9.30 Å². The predicted octanol–water partition coefficient (Wildman–Crippen LogP) is 5.47. The standard InChI is InChI=1S/C14H18Br2O/c1-14(7-3-4-8-14)13(16)11-6-5-10(17-2)9-12(11)15/h5-6,9,13H,3-4,7-8H2,1-2H3. The summed E-state index contributed by atoms with van der Waals surface area (Å²) >= 11 is 7.55. The molecule has 1 fully saturated rings. The molecule has 0 aliphatic heterocycles. The predicted molar refractivity (Wildman–Crippen MR) is 78.9 cm³/mol. The van der Waals surface area contributed by atoms with Crippen molar-refractivity contribution in [2.24, 2.45) is 5.41 Å². The van der Waals surface area contributed by atoms with E-state index in [0.717, 1.165) is 10.2 Å². The van der Waals surface area contributed by atoms with Gasteiger partial charge in [0.2, 0.25) is 0 Å². The minimum atomic E-state index is 0.386. The van der Waals surface area contributed by atoms with Gasteiger partial charge < -0.3 is 4.74 Å². The largest absolute Gasteiger partial charge is 0.497 e. The maximum absolute atomic E-state index is 5.24. The average Bonchev–Trinajstić information content (AvgIpc) is 2.76. The van der Waals surface area contributed by atoms with Gasteiger partial charge in [-0.05, 0) is 36.0 Å². The minimum Gasteiger partial charge on any atom is -0.497 e. The Morgan fingerprint density at radius 1 is 1.29 bits per heavy atom. The van der Waals surface area contributed by atoms with E-state index in [9.17, 15) is 0 Å². The zero-order chi connectivity index (χ0) is 12.5. The van der Waals surface area contributed by atoms with Crippen molar-refractivity contribution >= 4 is 31.9 Å². The quantitative estimate of drug-likeness (QED) is 0.648. The second-order valence-corrected chi connectivity index (χ2v) is 6.88. The topological polar surface area (TPSA) is 9.23 Å². The van der Waals surface area contributed by atoms with Crippen molar-refractivity contribution in [3.8, 4) is 5.75 Å². The number of hydrogen-bond acceptors (Lipinski definition) is 1. The molecule has 1 unspecified atom stereocenters. The number of hydrogen-bond donors (Lipinski definition) is 0. The molecule has 1 aromatic carbocycles. The number of benzene rings is 1. The molecule has 1 aromatic rings. The molecule has 0 bridgehead atoms. The van der Waals surface area contributed by atoms with Crippen LogP contribution in [-0.2, 0) is 0 Å². The molecule has 17 heavy (non-hydrogen) atoms. The van der Waals surface area contributed by atoms with E-state index in [1.165, 1.54) is 31.2 Å². The molecule has 3 heteroatoms. The van der Waals surface area contributed by atoms with Crippen LogP contribution in [0.4, 0.5) is 0 Å². The van der Waals surface area contributed by atoms with E-state index in [1.807, 2.05) is 12.1 Å². The molecule has 94 valence electrons. The molecule has 0 heterocycles. The Labute approximate surface area is 120 Å². The lowest BCUT2D eigenvalue weighted by molar-refractivity contribution is 0.330. The smallest absolute Gasteiger partial charge is 0.120 e. The summed E-state index contributed by atoms with van der Waals surface area (Å²) in [5, 5.41) is 0. The molecule has 0 radical (unpaired) electrons. The second kappa shape index (κ2) is 5.31. The van der Waals surface area contributed by atoms with Crippen LogP contribution in [0, 0.1) is 5.41 Å². The van der Waals surface area contributed by atoms with Crippen LogP contribution in [0.25, 0.3) is 0 Å². The van der Waals surface area contributed by atoms with Crippen LogP contribution >= 0.6 is 31.9 Å². The molecule has 0 N–H and O–H groups in total. The summed E-state index contributed by atoms with van der Waals surface area (Å²) in [7, 11) is 1.70. The summed E-state index contributed by atoms with van der Waals surface area (Å²) in [6.07, 6.45) is 5.32. The van der Waals surface area contributed by atoms with Crippen LogP contribution in [0.2, 0.25) is 0 Å². The molecule has 0 spiro atoms. The van der Waals surface area contributed by atoms with Gasteiger partial charge in [0.1, 0.15) is 5.75 Å². The first-order chi connectivity index (χ1) is 8.07. The Bertz CT molecular complexity index is 397. The summed E-state index contributed by atoms with van der Waals surface area (Å²) in [6.45, 7) is 2.39. The highest BCUT2D eigenvalue weighted by Gasteiger charge is 2.37. The molecule has 1 nitrogen and oxygen atoms in total. The maximum Gasteiger partial charge on any atom is 0.120 e. The van der Waals surface area contributed by atoms with Gasteiger partial charge in [-0.1, -0.05) is 57.7 Å². The van der Waals surface area contributed by atoms with Gasteiger partial charge in [0.05, 0.1) is 7.11 Å². The fourth-order valence-corrected chi connectivity index (χ4v) is 4.40. The molecule has 1 atom stereocenters. The Morgan fingerprint density at radius 3 is 2.47 bits per heavy atom. The van der Waals surface area contributed by atoms with E-state index >= 15 is 0 Å². The summed E-state index contributed by atoms with van der Waals surface area (Å²) in [5.41, 5.74) is 1.71. The van der Waals surface area contributed by atoms with Crippen molar-refractivity contribution in [1.82, 2.24) is 0 Å². The Hall–Kier alpha value is -0.0200. The molecule has 0 aromatic heterocycles. The van der Waals surface area contributed by atoms with Crippen molar-refractivity contribution in [3.63, 3.8) is 0 Å². The summed E-state index contributed by atoms with van der Waals surface area (Å²) in [5.74, 6) is 0.900. The average molecular weight is 362 g/mol. The van der Waals surface area contributed by atoms with Gasteiger partial charge in [-0.25, -0.2) is 0 Å². The first-order valence-electron chi connectivity index (χ1n) is 6.04. The third-order valence-corrected chi connectivity index (χ3v) is 6.12. The highest BCUT2D eigenvalue weighted by molar-refractivity contribution is 9.11. The van der Waals surface area contributed by atoms with Gasteiger partial charge >= 0.3 is 0 Å². The Kier molecular flexibility index (Phi) is 4.19. The minimum absolute atomic E-state index is 0.386. The fourth-order valence-electron chi connectivity index (χ4n) is 2.65. The maximum atomic E-state index is 5.24. The lowest BCUT2D eigenvalue weighted by atomic mass is 9.82. The van der Waals surface area contributed by atoms with Crippen molar-refractivity contribution in [2.45, 2.75) is 37.4 Å². The highest BCUT2D eigenvalue weighted by atomic mass is 79.9. The first-order valence-corrected chi connectivity index (χ1v) is 7.75. The summed E-state index contributed by atoms with van der Waals surface area (Å²) in [4.78, 5) is 0.415. The second-order valence-electron chi connectivity index (χ2n) is 5.11. The fraction of sp³-hybridized carbons (Fsp3) is 0.571. The van der Waals surface area contributed by atoms with Crippen molar-refractivity contribution in [1.29, 1.82) is 0 Å². The van der Waals surface area contributed by atoms with Gasteiger partial charge in [-0.15, -0.1) is 0 Å². The monoisotopic (exact) mass is 360 g/mol. The molecule has 2 rings (SSSR count).